The summed E-state index contributed by atoms with van der Waals surface area (Å²) in [4.78, 5) is 15.8. The molecule has 0 atom stereocenters. The lowest BCUT2D eigenvalue weighted by atomic mass is 10.2. The van der Waals surface area contributed by atoms with Gasteiger partial charge in [-0.15, -0.1) is 23.1 Å². The first-order valence-electron chi connectivity index (χ1n) is 7.97. The highest BCUT2D eigenvalue weighted by atomic mass is 35.5. The number of terminal acetylenes is 1. The van der Waals surface area contributed by atoms with E-state index in [1.54, 1.807) is 47.1 Å². The van der Waals surface area contributed by atoms with E-state index in [1.165, 1.54) is 0 Å². The Morgan fingerprint density at radius 1 is 1.18 bits per heavy atom. The Morgan fingerprint density at radius 3 is 2.57 bits per heavy atom. The number of anilines is 1. The smallest absolute Gasteiger partial charge is 0.337 e. The number of nitrogens with zero attached hydrogens (tertiary/aromatic N) is 3. The summed E-state index contributed by atoms with van der Waals surface area (Å²) in [7, 11) is 0. The third-order valence-electron chi connectivity index (χ3n) is 3.57. The van der Waals surface area contributed by atoms with Gasteiger partial charge in [0.2, 0.25) is 5.91 Å². The number of nitrogens with one attached hydrogen (secondary N) is 1. The molecule has 1 amide bonds. The monoisotopic (exact) mass is 434 g/mol. The number of amides is 1. The molecule has 28 heavy (non-hydrogen) atoms. The highest BCUT2D eigenvalue weighted by molar-refractivity contribution is 6.42. The maximum absolute atomic E-state index is 11.4. The van der Waals surface area contributed by atoms with Gasteiger partial charge in [0, 0.05) is 11.3 Å². The predicted molar refractivity (Wildman–Crippen MR) is 110 cm³/mol. The Hall–Kier alpha value is -2.72. The molecule has 1 heterocycles. The zero-order chi connectivity index (χ0) is 20.1. The molecule has 0 radical (unpaired) electrons. The third-order valence-corrected chi connectivity index (χ3v) is 4.55. The number of rotatable bonds is 6. The minimum Gasteiger partial charge on any atom is -0.449 e. The van der Waals surface area contributed by atoms with Crippen LogP contribution in [0, 0.1) is 12.3 Å². The van der Waals surface area contributed by atoms with Crippen LogP contribution in [-0.4, -0.2) is 33.2 Å². The van der Waals surface area contributed by atoms with Gasteiger partial charge in [0.15, 0.2) is 12.4 Å². The summed E-state index contributed by atoms with van der Waals surface area (Å²) in [5.74, 6) is 2.44. The van der Waals surface area contributed by atoms with Gasteiger partial charge >= 0.3 is 6.01 Å². The van der Waals surface area contributed by atoms with Gasteiger partial charge in [-0.25, -0.2) is 4.68 Å². The molecule has 0 aliphatic heterocycles. The molecule has 0 saturated carbocycles. The van der Waals surface area contributed by atoms with Crippen LogP contribution < -0.4 is 10.1 Å². The summed E-state index contributed by atoms with van der Waals surface area (Å²) >= 11 is 17.6. The molecule has 0 bridgehead atoms. The zero-order valence-corrected chi connectivity index (χ0v) is 16.6. The number of ether oxygens (including phenoxy) is 1. The van der Waals surface area contributed by atoms with E-state index in [-0.39, 0.29) is 24.4 Å². The van der Waals surface area contributed by atoms with Gasteiger partial charge in [0.25, 0.3) is 0 Å². The fraction of sp³-hybridized carbons (Fsp3) is 0.105. The van der Waals surface area contributed by atoms with Gasteiger partial charge in [-0.3, -0.25) is 4.79 Å². The lowest BCUT2D eigenvalue weighted by Gasteiger charge is -2.08. The van der Waals surface area contributed by atoms with E-state index in [0.717, 1.165) is 0 Å². The molecule has 0 aliphatic carbocycles. The molecule has 1 aromatic heterocycles. The van der Waals surface area contributed by atoms with E-state index in [1.807, 2.05) is 0 Å². The fourth-order valence-electron chi connectivity index (χ4n) is 2.34. The SMILES string of the molecule is C#CCOc1nc(-c2ccc(Cl)c(Cl)c2)n(-c2ccc(NC(=O)CCl)cc2)n1. The highest BCUT2D eigenvalue weighted by Crippen LogP contribution is 2.30. The molecule has 3 aromatic rings. The summed E-state index contributed by atoms with van der Waals surface area (Å²) in [6.07, 6.45) is 5.23. The first-order valence-corrected chi connectivity index (χ1v) is 9.26. The molecule has 0 unspecified atom stereocenters. The Morgan fingerprint density at radius 2 is 1.93 bits per heavy atom. The topological polar surface area (TPSA) is 69.0 Å². The number of carbonyl (C=O) groups is 1. The molecule has 0 saturated heterocycles. The molecule has 9 heteroatoms. The zero-order valence-electron chi connectivity index (χ0n) is 14.3. The largest absolute Gasteiger partial charge is 0.449 e. The maximum atomic E-state index is 11.4. The number of alkyl halides is 1. The van der Waals surface area contributed by atoms with Crippen molar-refractivity contribution in [3.05, 3.63) is 52.5 Å². The third kappa shape index (κ3) is 4.57. The van der Waals surface area contributed by atoms with Crippen LogP contribution in [0.15, 0.2) is 42.5 Å². The number of benzene rings is 2. The van der Waals surface area contributed by atoms with Crippen molar-refractivity contribution in [1.82, 2.24) is 14.8 Å². The van der Waals surface area contributed by atoms with Crippen molar-refractivity contribution in [1.29, 1.82) is 0 Å². The second-order valence-corrected chi connectivity index (χ2v) is 6.56. The standard InChI is InChI=1S/C19H13Cl3N4O2/c1-2-9-28-19-24-18(12-3-8-15(21)16(22)10-12)26(25-19)14-6-4-13(5-7-14)23-17(27)11-20/h1,3-8,10H,9,11H2,(H,23,27). The summed E-state index contributed by atoms with van der Waals surface area (Å²) in [6.45, 7) is 0.0359. The molecular formula is C19H13Cl3N4O2. The summed E-state index contributed by atoms with van der Waals surface area (Å²) in [5, 5.41) is 7.84. The highest BCUT2D eigenvalue weighted by Gasteiger charge is 2.16. The first kappa shape index (κ1) is 20.0. The average Bonchev–Trinajstić information content (AvgIpc) is 3.13. The Bertz CT molecular complexity index is 1040. The molecule has 6 nitrogen and oxygen atoms in total. The van der Waals surface area contributed by atoms with Crippen molar-refractivity contribution >= 4 is 46.4 Å². The quantitative estimate of drug-likeness (QED) is 0.459. The van der Waals surface area contributed by atoms with Crippen molar-refractivity contribution in [2.45, 2.75) is 0 Å². The van der Waals surface area contributed by atoms with Gasteiger partial charge in [-0.1, -0.05) is 29.1 Å². The van der Waals surface area contributed by atoms with Crippen LogP contribution in [0.25, 0.3) is 17.1 Å². The predicted octanol–water partition coefficient (Wildman–Crippen LogP) is 4.43. The number of hydrogen-bond donors (Lipinski definition) is 1. The van der Waals surface area contributed by atoms with Gasteiger partial charge in [-0.05, 0) is 42.5 Å². The minimum atomic E-state index is -0.295. The van der Waals surface area contributed by atoms with Crippen molar-refractivity contribution < 1.29 is 9.53 Å². The average molecular weight is 436 g/mol. The molecular weight excluding hydrogens is 423 g/mol. The van der Waals surface area contributed by atoms with Crippen molar-refractivity contribution in [3.63, 3.8) is 0 Å². The van der Waals surface area contributed by atoms with Gasteiger partial charge in [0.1, 0.15) is 5.88 Å². The molecule has 0 aliphatic rings. The normalized spacial score (nSPS) is 10.4. The van der Waals surface area contributed by atoms with Gasteiger partial charge in [0.05, 0.1) is 15.7 Å². The number of halogens is 3. The second-order valence-electron chi connectivity index (χ2n) is 5.48. The van der Waals surface area contributed by atoms with Crippen LogP contribution in [0.2, 0.25) is 10.0 Å². The van der Waals surface area contributed by atoms with E-state index in [4.69, 9.17) is 46.0 Å². The molecule has 2 aromatic carbocycles. The van der Waals surface area contributed by atoms with E-state index in [2.05, 4.69) is 21.3 Å². The molecule has 0 fully saturated rings. The van der Waals surface area contributed by atoms with Crippen molar-refractivity contribution in [2.75, 3.05) is 17.8 Å². The van der Waals surface area contributed by atoms with E-state index in [9.17, 15) is 4.79 Å². The Labute approximate surface area is 176 Å². The lowest BCUT2D eigenvalue weighted by molar-refractivity contribution is -0.113. The lowest BCUT2D eigenvalue weighted by Crippen LogP contribution is -2.12. The van der Waals surface area contributed by atoms with Crippen LogP contribution in [0.1, 0.15) is 0 Å². The molecule has 0 spiro atoms. The molecule has 3 rings (SSSR count). The van der Waals surface area contributed by atoms with Crippen molar-refractivity contribution in [3.8, 4) is 35.4 Å². The summed E-state index contributed by atoms with van der Waals surface area (Å²) in [5.41, 5.74) is 1.99. The number of hydrogen-bond acceptors (Lipinski definition) is 4. The van der Waals surface area contributed by atoms with Crippen LogP contribution in [0.4, 0.5) is 5.69 Å². The van der Waals surface area contributed by atoms with Crippen LogP contribution in [0.5, 0.6) is 6.01 Å². The van der Waals surface area contributed by atoms with Crippen LogP contribution in [-0.2, 0) is 4.79 Å². The van der Waals surface area contributed by atoms with E-state index >= 15 is 0 Å². The van der Waals surface area contributed by atoms with E-state index in [0.29, 0.717) is 32.8 Å². The van der Waals surface area contributed by atoms with Crippen LogP contribution >= 0.6 is 34.8 Å². The number of aromatic nitrogens is 3. The molecule has 142 valence electrons. The van der Waals surface area contributed by atoms with Crippen molar-refractivity contribution in [2.24, 2.45) is 0 Å². The summed E-state index contributed by atoms with van der Waals surface area (Å²) in [6, 6.07) is 12.2. The fourth-order valence-corrected chi connectivity index (χ4v) is 2.71. The van der Waals surface area contributed by atoms with E-state index < -0.39 is 0 Å². The Balaban J connectivity index is 2.01. The second kappa shape index (κ2) is 8.98. The first-order chi connectivity index (χ1) is 13.5. The minimum absolute atomic E-state index is 0.0359. The number of carbonyl (C=O) groups excluding carboxylic acids is 1. The summed E-state index contributed by atoms with van der Waals surface area (Å²) < 4.78 is 6.94. The maximum Gasteiger partial charge on any atom is 0.337 e. The van der Waals surface area contributed by atoms with Gasteiger partial charge in [-0.2, -0.15) is 4.98 Å². The molecule has 1 N–H and O–H groups in total. The van der Waals surface area contributed by atoms with Crippen LogP contribution in [0.3, 0.4) is 0 Å². The Kier molecular flexibility index (Phi) is 6.42. The van der Waals surface area contributed by atoms with Gasteiger partial charge < -0.3 is 10.1 Å².